The molecule has 5 heteroatoms. The number of para-hydroxylation sites is 1. The fourth-order valence-corrected chi connectivity index (χ4v) is 2.07. The molecule has 0 saturated carbocycles. The first-order valence-corrected chi connectivity index (χ1v) is 6.75. The van der Waals surface area contributed by atoms with E-state index in [-0.39, 0.29) is 12.5 Å². The fraction of sp³-hybridized carbons (Fsp3) is 0.333. The van der Waals surface area contributed by atoms with Crippen molar-refractivity contribution in [3.63, 3.8) is 0 Å². The Labute approximate surface area is 118 Å². The Balaban J connectivity index is 2.25. The Morgan fingerprint density at radius 1 is 1.35 bits per heavy atom. The van der Waals surface area contributed by atoms with Gasteiger partial charge in [0.1, 0.15) is 5.69 Å². The van der Waals surface area contributed by atoms with Crippen LogP contribution in [0.2, 0.25) is 0 Å². The van der Waals surface area contributed by atoms with Gasteiger partial charge in [-0.05, 0) is 25.5 Å². The lowest BCUT2D eigenvalue weighted by atomic mass is 10.3. The highest BCUT2D eigenvalue weighted by molar-refractivity contribution is 5.93. The summed E-state index contributed by atoms with van der Waals surface area (Å²) in [6.45, 7) is 3.17. The number of imidazole rings is 1. The molecule has 106 valence electrons. The maximum Gasteiger partial charge on any atom is 0.272 e. The van der Waals surface area contributed by atoms with Crippen LogP contribution >= 0.6 is 0 Å². The minimum absolute atomic E-state index is 0.0673. The molecule has 0 aliphatic heterocycles. The van der Waals surface area contributed by atoms with Gasteiger partial charge in [-0.3, -0.25) is 9.36 Å². The summed E-state index contributed by atoms with van der Waals surface area (Å²) in [6, 6.07) is 9.65. The zero-order valence-corrected chi connectivity index (χ0v) is 11.6. The van der Waals surface area contributed by atoms with E-state index < -0.39 is 0 Å². The molecule has 0 fully saturated rings. The van der Waals surface area contributed by atoms with Gasteiger partial charge < -0.3 is 10.0 Å². The number of rotatable bonds is 6. The van der Waals surface area contributed by atoms with Crippen LogP contribution in [0.4, 0.5) is 0 Å². The molecule has 0 bridgehead atoms. The Bertz CT molecular complexity index is 551. The van der Waals surface area contributed by atoms with E-state index in [4.69, 9.17) is 5.11 Å². The van der Waals surface area contributed by atoms with E-state index in [9.17, 15) is 4.79 Å². The molecule has 0 spiro atoms. The van der Waals surface area contributed by atoms with Crippen molar-refractivity contribution in [3.8, 4) is 5.69 Å². The second kappa shape index (κ2) is 6.86. The van der Waals surface area contributed by atoms with E-state index in [1.807, 2.05) is 37.3 Å². The maximum atomic E-state index is 12.5. The summed E-state index contributed by atoms with van der Waals surface area (Å²) in [7, 11) is 0. The second-order valence-electron chi connectivity index (χ2n) is 4.45. The van der Waals surface area contributed by atoms with Gasteiger partial charge >= 0.3 is 0 Å². The van der Waals surface area contributed by atoms with Crippen molar-refractivity contribution < 1.29 is 9.90 Å². The van der Waals surface area contributed by atoms with E-state index in [0.717, 1.165) is 5.69 Å². The number of nitrogens with zero attached hydrogens (tertiary/aromatic N) is 3. The molecule has 0 atom stereocenters. The summed E-state index contributed by atoms with van der Waals surface area (Å²) in [5.41, 5.74) is 1.45. The van der Waals surface area contributed by atoms with Crippen molar-refractivity contribution in [2.45, 2.75) is 13.3 Å². The highest BCUT2D eigenvalue weighted by atomic mass is 16.3. The number of hydrogen-bond donors (Lipinski definition) is 1. The second-order valence-corrected chi connectivity index (χ2v) is 4.45. The van der Waals surface area contributed by atoms with Crippen molar-refractivity contribution in [2.24, 2.45) is 0 Å². The first kappa shape index (κ1) is 14.3. The molecule has 1 aromatic heterocycles. The number of benzene rings is 1. The molecule has 0 radical (unpaired) electrons. The molecule has 1 amide bonds. The molecule has 0 saturated heterocycles. The number of amides is 1. The number of hydrogen-bond acceptors (Lipinski definition) is 3. The standard InChI is InChI=1S/C15H19N3O2/c1-2-17(9-6-10-19)15(20)14-11-16-12-18(14)13-7-4-3-5-8-13/h3-5,7-8,11-12,19H,2,6,9-10H2,1H3. The summed E-state index contributed by atoms with van der Waals surface area (Å²) >= 11 is 0. The number of carbonyl (C=O) groups is 1. The van der Waals surface area contributed by atoms with Gasteiger partial charge in [0.2, 0.25) is 0 Å². The Kier molecular flexibility index (Phi) is 4.90. The molecule has 5 nitrogen and oxygen atoms in total. The molecule has 0 unspecified atom stereocenters. The molecule has 0 aliphatic rings. The van der Waals surface area contributed by atoms with Gasteiger partial charge in [0.05, 0.1) is 12.5 Å². The number of aromatic nitrogens is 2. The lowest BCUT2D eigenvalue weighted by Crippen LogP contribution is -2.33. The highest BCUT2D eigenvalue weighted by Gasteiger charge is 2.18. The van der Waals surface area contributed by atoms with Gasteiger partial charge in [-0.25, -0.2) is 4.98 Å². The molecule has 1 aromatic carbocycles. The van der Waals surface area contributed by atoms with E-state index in [2.05, 4.69) is 4.98 Å². The average Bonchev–Trinajstić information content (AvgIpc) is 2.98. The van der Waals surface area contributed by atoms with Crippen LogP contribution in [-0.4, -0.2) is 45.2 Å². The van der Waals surface area contributed by atoms with Crippen molar-refractivity contribution in [1.29, 1.82) is 0 Å². The summed E-state index contributed by atoms with van der Waals surface area (Å²) in [4.78, 5) is 18.3. The minimum Gasteiger partial charge on any atom is -0.396 e. The predicted octanol–water partition coefficient (Wildman–Crippen LogP) is 1.72. The van der Waals surface area contributed by atoms with E-state index >= 15 is 0 Å². The first-order valence-electron chi connectivity index (χ1n) is 6.75. The van der Waals surface area contributed by atoms with Gasteiger partial charge in [-0.1, -0.05) is 18.2 Å². The van der Waals surface area contributed by atoms with Gasteiger partial charge in [0.15, 0.2) is 0 Å². The van der Waals surface area contributed by atoms with Gasteiger partial charge in [-0.2, -0.15) is 0 Å². The van der Waals surface area contributed by atoms with Crippen molar-refractivity contribution in [1.82, 2.24) is 14.5 Å². The van der Waals surface area contributed by atoms with Crippen LogP contribution < -0.4 is 0 Å². The van der Waals surface area contributed by atoms with Crippen LogP contribution in [0.15, 0.2) is 42.9 Å². The Morgan fingerprint density at radius 3 is 2.75 bits per heavy atom. The Morgan fingerprint density at radius 2 is 2.10 bits per heavy atom. The van der Waals surface area contributed by atoms with E-state index in [1.54, 1.807) is 22.0 Å². The third kappa shape index (κ3) is 3.05. The number of aliphatic hydroxyl groups excluding tert-OH is 1. The van der Waals surface area contributed by atoms with E-state index in [1.165, 1.54) is 0 Å². The zero-order valence-electron chi connectivity index (χ0n) is 11.6. The van der Waals surface area contributed by atoms with Gasteiger partial charge in [0, 0.05) is 25.4 Å². The normalized spacial score (nSPS) is 10.5. The van der Waals surface area contributed by atoms with Crippen LogP contribution in [0.1, 0.15) is 23.8 Å². The molecular formula is C15H19N3O2. The number of aliphatic hydroxyl groups is 1. The Hall–Kier alpha value is -2.14. The predicted molar refractivity (Wildman–Crippen MR) is 76.8 cm³/mol. The van der Waals surface area contributed by atoms with Crippen LogP contribution in [0, 0.1) is 0 Å². The monoisotopic (exact) mass is 273 g/mol. The SMILES string of the molecule is CCN(CCCO)C(=O)c1cncn1-c1ccccc1. The summed E-state index contributed by atoms with van der Waals surface area (Å²) in [5.74, 6) is -0.0673. The summed E-state index contributed by atoms with van der Waals surface area (Å²) in [5, 5.41) is 8.90. The molecule has 2 aromatic rings. The van der Waals surface area contributed by atoms with Crippen LogP contribution in [0.5, 0.6) is 0 Å². The number of carbonyl (C=O) groups excluding carboxylic acids is 1. The third-order valence-corrected chi connectivity index (χ3v) is 3.15. The zero-order chi connectivity index (χ0) is 14.4. The summed E-state index contributed by atoms with van der Waals surface area (Å²) in [6.07, 6.45) is 3.80. The van der Waals surface area contributed by atoms with Crippen molar-refractivity contribution in [2.75, 3.05) is 19.7 Å². The smallest absolute Gasteiger partial charge is 0.272 e. The van der Waals surface area contributed by atoms with E-state index in [0.29, 0.717) is 25.2 Å². The van der Waals surface area contributed by atoms with Crippen LogP contribution in [0.3, 0.4) is 0 Å². The quantitative estimate of drug-likeness (QED) is 0.871. The molecular weight excluding hydrogens is 254 g/mol. The van der Waals surface area contributed by atoms with Crippen LogP contribution in [0.25, 0.3) is 5.69 Å². The lowest BCUT2D eigenvalue weighted by molar-refractivity contribution is 0.0746. The minimum atomic E-state index is -0.0673. The molecule has 1 heterocycles. The third-order valence-electron chi connectivity index (χ3n) is 3.15. The molecule has 1 N–H and O–H groups in total. The topological polar surface area (TPSA) is 58.4 Å². The average molecular weight is 273 g/mol. The summed E-state index contributed by atoms with van der Waals surface area (Å²) < 4.78 is 1.78. The fourth-order valence-electron chi connectivity index (χ4n) is 2.07. The van der Waals surface area contributed by atoms with Crippen molar-refractivity contribution in [3.05, 3.63) is 48.5 Å². The van der Waals surface area contributed by atoms with Crippen LogP contribution in [-0.2, 0) is 0 Å². The first-order chi connectivity index (χ1) is 9.77. The molecule has 20 heavy (non-hydrogen) atoms. The maximum absolute atomic E-state index is 12.5. The molecule has 0 aliphatic carbocycles. The highest BCUT2D eigenvalue weighted by Crippen LogP contribution is 2.13. The van der Waals surface area contributed by atoms with Crippen molar-refractivity contribution >= 4 is 5.91 Å². The van der Waals surface area contributed by atoms with Gasteiger partial charge in [-0.15, -0.1) is 0 Å². The van der Waals surface area contributed by atoms with Gasteiger partial charge in [0.25, 0.3) is 5.91 Å². The molecule has 2 rings (SSSR count). The largest absolute Gasteiger partial charge is 0.396 e. The lowest BCUT2D eigenvalue weighted by Gasteiger charge is -2.21.